The Kier molecular flexibility index (Phi) is 9.28. The lowest BCUT2D eigenvalue weighted by molar-refractivity contribution is -0.149. The van der Waals surface area contributed by atoms with Crippen molar-refractivity contribution in [3.8, 4) is 0 Å². The van der Waals surface area contributed by atoms with Crippen molar-refractivity contribution in [2.75, 3.05) is 6.54 Å². The summed E-state index contributed by atoms with van der Waals surface area (Å²) < 4.78 is 0. The Morgan fingerprint density at radius 1 is 1.11 bits per heavy atom. The lowest BCUT2D eigenvalue weighted by atomic mass is 10.00. The topological polar surface area (TPSA) is 178 Å². The number of aromatic nitrogens is 1. The zero-order chi connectivity index (χ0) is 27.3. The fourth-order valence-corrected chi connectivity index (χ4v) is 4.67. The minimum absolute atomic E-state index is 0.0246. The van der Waals surface area contributed by atoms with Gasteiger partial charge in [0.1, 0.15) is 24.2 Å². The molecule has 7 N–H and O–H groups in total. The summed E-state index contributed by atoms with van der Waals surface area (Å²) in [6.07, 6.45) is 1.97. The van der Waals surface area contributed by atoms with Gasteiger partial charge in [-0.1, -0.05) is 32.0 Å². The molecule has 5 atom stereocenters. The molecular formula is C26H37N5O6. The van der Waals surface area contributed by atoms with Crippen LogP contribution in [0.25, 0.3) is 10.9 Å². The van der Waals surface area contributed by atoms with Gasteiger partial charge in [-0.3, -0.25) is 14.4 Å². The second-order valence-electron chi connectivity index (χ2n) is 10.1. The first-order valence-electron chi connectivity index (χ1n) is 12.6. The third kappa shape index (κ3) is 6.86. The van der Waals surface area contributed by atoms with E-state index in [1.807, 2.05) is 38.1 Å². The summed E-state index contributed by atoms with van der Waals surface area (Å²) in [6, 6.07) is 3.33. The minimum Gasteiger partial charge on any atom is -0.480 e. The number of aromatic amines is 1. The third-order valence-electron chi connectivity index (χ3n) is 6.70. The normalized spacial score (nSPS) is 18.9. The van der Waals surface area contributed by atoms with Crippen LogP contribution in [0.1, 0.15) is 45.6 Å². The summed E-state index contributed by atoms with van der Waals surface area (Å²) in [7, 11) is 0. The molecule has 0 bridgehead atoms. The molecule has 1 fully saturated rings. The van der Waals surface area contributed by atoms with E-state index in [9.17, 15) is 29.4 Å². The van der Waals surface area contributed by atoms with Gasteiger partial charge in [0.25, 0.3) is 0 Å². The summed E-state index contributed by atoms with van der Waals surface area (Å²) in [6.45, 7) is 5.44. The fourth-order valence-electron chi connectivity index (χ4n) is 4.67. The van der Waals surface area contributed by atoms with Crippen molar-refractivity contribution < 1.29 is 29.4 Å². The van der Waals surface area contributed by atoms with Crippen molar-refractivity contribution in [3.05, 3.63) is 36.0 Å². The van der Waals surface area contributed by atoms with Crippen LogP contribution in [0.5, 0.6) is 0 Å². The van der Waals surface area contributed by atoms with Crippen LogP contribution in [0, 0.1) is 5.92 Å². The smallest absolute Gasteiger partial charge is 0.326 e. The number of nitrogens with two attached hydrogens (primary N) is 1. The molecule has 1 aliphatic heterocycles. The molecule has 3 amide bonds. The van der Waals surface area contributed by atoms with Crippen LogP contribution in [0.15, 0.2) is 30.5 Å². The molecule has 11 heteroatoms. The van der Waals surface area contributed by atoms with Crippen LogP contribution < -0.4 is 16.4 Å². The number of likely N-dealkylation sites (tertiary alicyclic amines) is 1. The number of hydrogen-bond acceptors (Lipinski definition) is 6. The van der Waals surface area contributed by atoms with E-state index in [-0.39, 0.29) is 25.3 Å². The molecule has 37 heavy (non-hydrogen) atoms. The number of nitrogens with zero attached hydrogens (tertiary/aromatic N) is 1. The number of rotatable bonds is 11. The summed E-state index contributed by atoms with van der Waals surface area (Å²) in [5.41, 5.74) is 7.41. The number of nitrogens with one attached hydrogen (secondary N) is 3. The fraction of sp³-hybridized carbons (Fsp3) is 0.538. The molecule has 2 heterocycles. The molecular weight excluding hydrogens is 478 g/mol. The minimum atomic E-state index is -1.22. The first-order valence-corrected chi connectivity index (χ1v) is 12.6. The summed E-state index contributed by atoms with van der Waals surface area (Å²) in [4.78, 5) is 55.8. The molecule has 0 radical (unpaired) electrons. The second-order valence-corrected chi connectivity index (χ2v) is 10.1. The Morgan fingerprint density at radius 3 is 2.43 bits per heavy atom. The van der Waals surface area contributed by atoms with Gasteiger partial charge in [0.05, 0.1) is 6.10 Å². The van der Waals surface area contributed by atoms with E-state index in [2.05, 4.69) is 15.6 Å². The Hall–Kier alpha value is -3.44. The molecule has 1 aromatic carbocycles. The number of carboxylic acid groups (broad SMARTS) is 1. The molecule has 0 spiro atoms. The number of benzene rings is 1. The van der Waals surface area contributed by atoms with Crippen LogP contribution in [-0.2, 0) is 25.6 Å². The molecule has 5 unspecified atom stereocenters. The highest BCUT2D eigenvalue weighted by Crippen LogP contribution is 2.23. The van der Waals surface area contributed by atoms with E-state index in [1.165, 1.54) is 11.8 Å². The van der Waals surface area contributed by atoms with Crippen LogP contribution in [0.3, 0.4) is 0 Å². The quantitative estimate of drug-likeness (QED) is 0.252. The van der Waals surface area contributed by atoms with Crippen LogP contribution in [0.4, 0.5) is 0 Å². The summed E-state index contributed by atoms with van der Waals surface area (Å²) >= 11 is 0. The number of carboxylic acids is 1. The number of aliphatic hydroxyl groups is 1. The van der Waals surface area contributed by atoms with E-state index in [1.54, 1.807) is 6.20 Å². The van der Waals surface area contributed by atoms with Crippen molar-refractivity contribution in [2.45, 2.75) is 76.7 Å². The van der Waals surface area contributed by atoms with Gasteiger partial charge < -0.3 is 36.5 Å². The van der Waals surface area contributed by atoms with Crippen LogP contribution in [-0.4, -0.2) is 80.6 Å². The van der Waals surface area contributed by atoms with Crippen molar-refractivity contribution in [1.82, 2.24) is 20.5 Å². The number of fused-ring (bicyclic) bond motifs is 1. The Balaban J connectivity index is 1.88. The van der Waals surface area contributed by atoms with Crippen molar-refractivity contribution in [3.63, 3.8) is 0 Å². The van der Waals surface area contributed by atoms with Gasteiger partial charge >= 0.3 is 5.97 Å². The number of carbonyl (C=O) groups excluding carboxylic acids is 3. The van der Waals surface area contributed by atoms with Crippen molar-refractivity contribution in [1.29, 1.82) is 0 Å². The zero-order valence-electron chi connectivity index (χ0n) is 21.4. The molecule has 0 aliphatic carbocycles. The molecule has 202 valence electrons. The van der Waals surface area contributed by atoms with Crippen LogP contribution >= 0.6 is 0 Å². The Morgan fingerprint density at radius 2 is 1.78 bits per heavy atom. The maximum Gasteiger partial charge on any atom is 0.326 e. The second kappa shape index (κ2) is 12.2. The Bertz CT molecular complexity index is 1130. The van der Waals surface area contributed by atoms with E-state index < -0.39 is 54.0 Å². The predicted molar refractivity (Wildman–Crippen MR) is 137 cm³/mol. The van der Waals surface area contributed by atoms with Gasteiger partial charge in [0, 0.05) is 30.1 Å². The zero-order valence-corrected chi connectivity index (χ0v) is 21.4. The standard InChI is InChI=1S/C26H37N5O6/c1-14(2)11-19(29-24(34)22(27)15(3)32)23(33)30-20(25(35)31-10-6-9-21(31)26(36)37)12-16-13-28-18-8-5-4-7-17(16)18/h4-5,7-8,13-15,19-22,28,32H,6,9-12,27H2,1-3H3,(H,29,34)(H,30,33)(H,36,37). The van der Waals surface area contributed by atoms with E-state index in [0.29, 0.717) is 12.8 Å². The Labute approximate surface area is 215 Å². The van der Waals surface area contributed by atoms with Gasteiger partial charge in [0.15, 0.2) is 0 Å². The highest BCUT2D eigenvalue weighted by molar-refractivity contribution is 5.95. The van der Waals surface area contributed by atoms with Crippen molar-refractivity contribution >= 4 is 34.6 Å². The van der Waals surface area contributed by atoms with Crippen LogP contribution in [0.2, 0.25) is 0 Å². The predicted octanol–water partition coefficient (Wildman–Crippen LogP) is 0.510. The molecule has 1 aliphatic rings. The van der Waals surface area contributed by atoms with E-state index in [0.717, 1.165) is 16.5 Å². The summed E-state index contributed by atoms with van der Waals surface area (Å²) in [5.74, 6) is -2.81. The molecule has 2 aromatic rings. The number of aliphatic hydroxyl groups excluding tert-OH is 1. The van der Waals surface area contributed by atoms with E-state index in [4.69, 9.17) is 5.73 Å². The average molecular weight is 516 g/mol. The number of para-hydroxylation sites is 1. The van der Waals surface area contributed by atoms with Gasteiger partial charge in [-0.2, -0.15) is 0 Å². The first-order chi connectivity index (χ1) is 17.5. The number of carbonyl (C=O) groups is 4. The number of hydrogen-bond donors (Lipinski definition) is 6. The molecule has 11 nitrogen and oxygen atoms in total. The van der Waals surface area contributed by atoms with E-state index >= 15 is 0 Å². The molecule has 1 aromatic heterocycles. The monoisotopic (exact) mass is 515 g/mol. The molecule has 1 saturated heterocycles. The third-order valence-corrected chi connectivity index (χ3v) is 6.70. The van der Waals surface area contributed by atoms with Crippen molar-refractivity contribution in [2.24, 2.45) is 11.7 Å². The maximum absolute atomic E-state index is 13.6. The highest BCUT2D eigenvalue weighted by Gasteiger charge is 2.39. The first kappa shape index (κ1) is 28.1. The van der Waals surface area contributed by atoms with Gasteiger partial charge in [-0.15, -0.1) is 0 Å². The lowest BCUT2D eigenvalue weighted by Crippen LogP contribution is -2.58. The lowest BCUT2D eigenvalue weighted by Gasteiger charge is -2.29. The van der Waals surface area contributed by atoms with Gasteiger partial charge in [-0.25, -0.2) is 4.79 Å². The summed E-state index contributed by atoms with van der Waals surface area (Å²) in [5, 5.41) is 25.6. The number of H-pyrrole nitrogens is 1. The number of aliphatic carboxylic acids is 1. The SMILES string of the molecule is CC(C)CC(NC(=O)C(N)C(C)O)C(=O)NC(Cc1c[nH]c2ccccc12)C(=O)N1CCCC1C(=O)O. The maximum atomic E-state index is 13.6. The molecule has 0 saturated carbocycles. The average Bonchev–Trinajstić information content (AvgIpc) is 3.49. The van der Waals surface area contributed by atoms with Gasteiger partial charge in [0.2, 0.25) is 17.7 Å². The highest BCUT2D eigenvalue weighted by atomic mass is 16.4. The number of amides is 3. The van der Waals surface area contributed by atoms with Gasteiger partial charge in [-0.05, 0) is 43.7 Å². The largest absolute Gasteiger partial charge is 0.480 e. The molecule has 3 rings (SSSR count).